The lowest BCUT2D eigenvalue weighted by Gasteiger charge is -2.34. The van der Waals surface area contributed by atoms with Crippen molar-refractivity contribution < 1.29 is 9.59 Å². The number of hydrogen-bond acceptors (Lipinski definition) is 3. The number of urea groups is 1. The minimum atomic E-state index is -0.273. The number of rotatable bonds is 5. The number of carbonyl (C=O) groups is 2. The summed E-state index contributed by atoms with van der Waals surface area (Å²) in [5, 5.41) is 11.9. The van der Waals surface area contributed by atoms with Crippen LogP contribution in [0.2, 0.25) is 0 Å². The Balaban J connectivity index is 0.00000312. The Bertz CT molecular complexity index is 586. The largest absolute Gasteiger partial charge is 0.351 e. The molecule has 0 aromatic heterocycles. The molecule has 0 aliphatic carbocycles. The van der Waals surface area contributed by atoms with Gasteiger partial charge in [-0.15, -0.1) is 12.4 Å². The highest BCUT2D eigenvalue weighted by molar-refractivity contribution is 5.96. The molecule has 0 saturated carbocycles. The van der Waals surface area contributed by atoms with Crippen molar-refractivity contribution in [1.29, 1.82) is 0 Å². The molecular weight excluding hydrogens is 340 g/mol. The van der Waals surface area contributed by atoms with Crippen LogP contribution in [-0.2, 0) is 0 Å². The third-order valence-corrected chi connectivity index (χ3v) is 4.29. The first kappa shape index (κ1) is 21.3. The van der Waals surface area contributed by atoms with E-state index in [2.05, 4.69) is 28.2 Å². The molecule has 1 aliphatic rings. The predicted octanol–water partition coefficient (Wildman–Crippen LogP) is 2.76. The summed E-state index contributed by atoms with van der Waals surface area (Å²) in [7, 11) is 0. The number of amides is 3. The molecule has 6 nitrogen and oxygen atoms in total. The quantitative estimate of drug-likeness (QED) is 0.645. The van der Waals surface area contributed by atoms with Gasteiger partial charge in [0, 0.05) is 23.8 Å². The average molecular weight is 369 g/mol. The summed E-state index contributed by atoms with van der Waals surface area (Å²) in [5.74, 6) is -0.109. The molecule has 140 valence electrons. The van der Waals surface area contributed by atoms with Gasteiger partial charge >= 0.3 is 6.03 Å². The van der Waals surface area contributed by atoms with E-state index in [9.17, 15) is 9.59 Å². The number of anilines is 1. The van der Waals surface area contributed by atoms with Gasteiger partial charge in [0.1, 0.15) is 0 Å². The number of carbonyl (C=O) groups excluding carboxylic acids is 2. The molecule has 1 heterocycles. The predicted molar refractivity (Wildman–Crippen MR) is 104 cm³/mol. The Morgan fingerprint density at radius 1 is 1.24 bits per heavy atom. The van der Waals surface area contributed by atoms with E-state index in [0.717, 1.165) is 25.9 Å². The van der Waals surface area contributed by atoms with Crippen molar-refractivity contribution in [3.8, 4) is 0 Å². The summed E-state index contributed by atoms with van der Waals surface area (Å²) in [6.07, 6.45) is 2.12. The second-order valence-electron chi connectivity index (χ2n) is 7.08. The maximum Gasteiger partial charge on any atom is 0.319 e. The molecule has 1 fully saturated rings. The highest BCUT2D eigenvalue weighted by Crippen LogP contribution is 2.26. The molecule has 0 spiro atoms. The standard InChI is InChI=1S/C18H28N4O2.ClH/c1-13(2)21-17(24)22-15-6-4-5-14(11-15)16(23)20-12-18(3)7-9-19-10-8-18;/h4-6,11,13,19H,7-10,12H2,1-3H3,(H,20,23)(H2,21,22,24);1H. The van der Waals surface area contributed by atoms with Crippen LogP contribution in [0.1, 0.15) is 44.0 Å². The summed E-state index contributed by atoms with van der Waals surface area (Å²) in [4.78, 5) is 24.1. The molecule has 1 aromatic rings. The molecule has 0 radical (unpaired) electrons. The topological polar surface area (TPSA) is 82.3 Å². The van der Waals surface area contributed by atoms with Crippen molar-refractivity contribution in [3.05, 3.63) is 29.8 Å². The van der Waals surface area contributed by atoms with Crippen molar-refractivity contribution in [2.24, 2.45) is 5.41 Å². The first-order valence-corrected chi connectivity index (χ1v) is 8.54. The lowest BCUT2D eigenvalue weighted by atomic mass is 9.81. The maximum atomic E-state index is 12.4. The Kier molecular flexibility index (Phi) is 8.19. The minimum Gasteiger partial charge on any atom is -0.351 e. The van der Waals surface area contributed by atoms with Crippen molar-refractivity contribution in [1.82, 2.24) is 16.0 Å². The fourth-order valence-electron chi connectivity index (χ4n) is 2.77. The zero-order valence-corrected chi connectivity index (χ0v) is 16.0. The molecule has 1 saturated heterocycles. The van der Waals surface area contributed by atoms with Crippen LogP contribution in [0, 0.1) is 5.41 Å². The van der Waals surface area contributed by atoms with Crippen LogP contribution in [-0.4, -0.2) is 37.6 Å². The Morgan fingerprint density at radius 3 is 2.56 bits per heavy atom. The van der Waals surface area contributed by atoms with Crippen LogP contribution in [0.3, 0.4) is 0 Å². The minimum absolute atomic E-state index is 0. The van der Waals surface area contributed by atoms with Crippen LogP contribution in [0.15, 0.2) is 24.3 Å². The molecule has 1 aromatic carbocycles. The van der Waals surface area contributed by atoms with Gasteiger partial charge in [0.25, 0.3) is 5.91 Å². The first-order valence-electron chi connectivity index (χ1n) is 8.54. The molecule has 0 bridgehead atoms. The molecule has 1 aliphatic heterocycles. The number of nitrogens with one attached hydrogen (secondary N) is 4. The zero-order chi connectivity index (χ0) is 17.6. The number of halogens is 1. The summed E-state index contributed by atoms with van der Waals surface area (Å²) in [6, 6.07) is 6.77. The number of benzene rings is 1. The Hall–Kier alpha value is -1.79. The van der Waals surface area contributed by atoms with Crippen molar-refractivity contribution in [3.63, 3.8) is 0 Å². The molecule has 3 amide bonds. The second-order valence-corrected chi connectivity index (χ2v) is 7.08. The van der Waals surface area contributed by atoms with Crippen LogP contribution in [0.25, 0.3) is 0 Å². The van der Waals surface area contributed by atoms with E-state index in [1.807, 2.05) is 13.8 Å². The van der Waals surface area contributed by atoms with Crippen LogP contribution < -0.4 is 21.3 Å². The third kappa shape index (κ3) is 6.92. The zero-order valence-electron chi connectivity index (χ0n) is 15.1. The monoisotopic (exact) mass is 368 g/mol. The van der Waals surface area contributed by atoms with Crippen LogP contribution in [0.4, 0.5) is 10.5 Å². The van der Waals surface area contributed by atoms with Gasteiger partial charge in [0.05, 0.1) is 0 Å². The van der Waals surface area contributed by atoms with Crippen LogP contribution >= 0.6 is 12.4 Å². The fourth-order valence-corrected chi connectivity index (χ4v) is 2.77. The van der Waals surface area contributed by atoms with Gasteiger partial charge in [-0.25, -0.2) is 4.79 Å². The van der Waals surface area contributed by atoms with E-state index in [-0.39, 0.29) is 35.8 Å². The van der Waals surface area contributed by atoms with E-state index >= 15 is 0 Å². The van der Waals surface area contributed by atoms with E-state index in [4.69, 9.17) is 0 Å². The van der Waals surface area contributed by atoms with Crippen molar-refractivity contribution >= 4 is 30.0 Å². The highest BCUT2D eigenvalue weighted by Gasteiger charge is 2.27. The van der Waals surface area contributed by atoms with Gasteiger partial charge < -0.3 is 21.3 Å². The lowest BCUT2D eigenvalue weighted by molar-refractivity contribution is 0.0922. The molecule has 4 N–H and O–H groups in total. The molecule has 2 rings (SSSR count). The van der Waals surface area contributed by atoms with E-state index in [1.165, 1.54) is 0 Å². The van der Waals surface area contributed by atoms with E-state index in [0.29, 0.717) is 17.8 Å². The Morgan fingerprint density at radius 2 is 1.92 bits per heavy atom. The fraction of sp³-hybridized carbons (Fsp3) is 0.556. The van der Waals surface area contributed by atoms with Gasteiger partial charge in [0.2, 0.25) is 0 Å². The highest BCUT2D eigenvalue weighted by atomic mass is 35.5. The van der Waals surface area contributed by atoms with Gasteiger partial charge in [-0.3, -0.25) is 4.79 Å². The lowest BCUT2D eigenvalue weighted by Crippen LogP contribution is -2.42. The van der Waals surface area contributed by atoms with Crippen molar-refractivity contribution in [2.45, 2.75) is 39.7 Å². The van der Waals surface area contributed by atoms with Gasteiger partial charge in [-0.1, -0.05) is 13.0 Å². The van der Waals surface area contributed by atoms with Gasteiger partial charge in [-0.2, -0.15) is 0 Å². The average Bonchev–Trinajstić information content (AvgIpc) is 2.53. The summed E-state index contributed by atoms with van der Waals surface area (Å²) >= 11 is 0. The third-order valence-electron chi connectivity index (χ3n) is 4.29. The number of piperidine rings is 1. The maximum absolute atomic E-state index is 12.4. The molecule has 7 heteroatoms. The summed E-state index contributed by atoms with van der Waals surface area (Å²) < 4.78 is 0. The summed E-state index contributed by atoms with van der Waals surface area (Å²) in [6.45, 7) is 8.66. The van der Waals surface area contributed by atoms with Gasteiger partial charge in [0.15, 0.2) is 0 Å². The SMILES string of the molecule is CC(C)NC(=O)Nc1cccc(C(=O)NCC2(C)CCNCC2)c1.Cl. The smallest absolute Gasteiger partial charge is 0.319 e. The molecular formula is C18H29ClN4O2. The van der Waals surface area contributed by atoms with E-state index in [1.54, 1.807) is 24.3 Å². The first-order chi connectivity index (χ1) is 11.4. The second kappa shape index (κ2) is 9.63. The van der Waals surface area contributed by atoms with E-state index < -0.39 is 0 Å². The molecule has 25 heavy (non-hydrogen) atoms. The van der Waals surface area contributed by atoms with Gasteiger partial charge in [-0.05, 0) is 63.4 Å². The normalized spacial score (nSPS) is 15.8. The van der Waals surface area contributed by atoms with Crippen molar-refractivity contribution in [2.75, 3.05) is 25.0 Å². The Labute approximate surface area is 155 Å². The molecule has 0 unspecified atom stereocenters. The van der Waals surface area contributed by atoms with Crippen LogP contribution in [0.5, 0.6) is 0 Å². The summed E-state index contributed by atoms with van der Waals surface area (Å²) in [5.41, 5.74) is 1.30. The molecule has 0 atom stereocenters. The number of hydrogen-bond donors (Lipinski definition) is 4.